The molecule has 0 fully saturated rings. The highest BCUT2D eigenvalue weighted by molar-refractivity contribution is 7.12. The van der Waals surface area contributed by atoms with Gasteiger partial charge in [0, 0.05) is 6.42 Å². The Morgan fingerprint density at radius 3 is 2.87 bits per heavy atom. The van der Waals surface area contributed by atoms with Crippen molar-refractivity contribution in [3.8, 4) is 5.75 Å². The van der Waals surface area contributed by atoms with Gasteiger partial charge in [-0.3, -0.25) is 4.79 Å². The zero-order valence-electron chi connectivity index (χ0n) is 9.41. The second kappa shape index (κ2) is 6.62. The van der Waals surface area contributed by atoms with Gasteiger partial charge in [-0.05, 0) is 17.9 Å². The van der Waals surface area contributed by atoms with Gasteiger partial charge in [0.05, 0.1) is 7.11 Å². The lowest BCUT2D eigenvalue weighted by atomic mass is 10.1. The van der Waals surface area contributed by atoms with E-state index in [4.69, 9.17) is 4.74 Å². The highest BCUT2D eigenvalue weighted by Crippen LogP contribution is 2.26. The first kappa shape index (κ1) is 12.2. The lowest BCUT2D eigenvalue weighted by molar-refractivity contribution is 0.0980. The minimum Gasteiger partial charge on any atom is -0.495 e. The standard InChI is InChI=1S/C12H18O2S/c1-3-4-5-6-7-10(13)12-11(14-2)8-9-15-12/h8-9H,3-7H2,1-2H3. The highest BCUT2D eigenvalue weighted by atomic mass is 32.1. The van der Waals surface area contributed by atoms with Gasteiger partial charge < -0.3 is 4.74 Å². The number of carbonyl (C=O) groups excluding carboxylic acids is 1. The summed E-state index contributed by atoms with van der Waals surface area (Å²) in [4.78, 5) is 12.6. The molecule has 0 aliphatic rings. The molecule has 0 atom stereocenters. The van der Waals surface area contributed by atoms with Crippen molar-refractivity contribution in [2.24, 2.45) is 0 Å². The molecule has 1 rings (SSSR count). The van der Waals surface area contributed by atoms with Gasteiger partial charge in [-0.1, -0.05) is 26.2 Å². The van der Waals surface area contributed by atoms with Crippen molar-refractivity contribution in [2.45, 2.75) is 39.0 Å². The quantitative estimate of drug-likeness (QED) is 0.520. The first-order valence-electron chi connectivity index (χ1n) is 5.44. The summed E-state index contributed by atoms with van der Waals surface area (Å²) >= 11 is 1.47. The van der Waals surface area contributed by atoms with Crippen LogP contribution in [-0.2, 0) is 0 Å². The summed E-state index contributed by atoms with van der Waals surface area (Å²) in [6.45, 7) is 2.17. The Bertz CT molecular complexity index is 304. The molecule has 84 valence electrons. The van der Waals surface area contributed by atoms with E-state index in [1.165, 1.54) is 24.2 Å². The smallest absolute Gasteiger partial charge is 0.176 e. The first-order valence-corrected chi connectivity index (χ1v) is 6.32. The van der Waals surface area contributed by atoms with Crippen molar-refractivity contribution in [3.63, 3.8) is 0 Å². The molecule has 0 aliphatic carbocycles. The van der Waals surface area contributed by atoms with Gasteiger partial charge in [-0.2, -0.15) is 0 Å². The lowest BCUT2D eigenvalue weighted by Gasteiger charge is -2.01. The third-order valence-electron chi connectivity index (χ3n) is 2.36. The van der Waals surface area contributed by atoms with Gasteiger partial charge in [0.25, 0.3) is 0 Å². The summed E-state index contributed by atoms with van der Waals surface area (Å²) in [5, 5.41) is 1.90. The molecule has 0 bridgehead atoms. The zero-order valence-corrected chi connectivity index (χ0v) is 10.2. The highest BCUT2D eigenvalue weighted by Gasteiger charge is 2.12. The van der Waals surface area contributed by atoms with E-state index >= 15 is 0 Å². The number of unbranched alkanes of at least 4 members (excludes halogenated alkanes) is 3. The predicted molar refractivity (Wildman–Crippen MR) is 64.0 cm³/mol. The molecule has 0 saturated heterocycles. The molecular formula is C12H18O2S. The number of carbonyl (C=O) groups is 1. The zero-order chi connectivity index (χ0) is 11.1. The Balaban J connectivity index is 2.40. The van der Waals surface area contributed by atoms with Crippen molar-refractivity contribution in [1.82, 2.24) is 0 Å². The summed E-state index contributed by atoms with van der Waals surface area (Å²) in [6, 6.07) is 1.85. The average Bonchev–Trinajstić information content (AvgIpc) is 2.72. The lowest BCUT2D eigenvalue weighted by Crippen LogP contribution is -1.98. The Labute approximate surface area is 95.3 Å². The van der Waals surface area contributed by atoms with Gasteiger partial charge in [0.2, 0.25) is 0 Å². The van der Waals surface area contributed by atoms with Gasteiger partial charge in [0.15, 0.2) is 5.78 Å². The van der Waals surface area contributed by atoms with E-state index in [1.54, 1.807) is 7.11 Å². The van der Waals surface area contributed by atoms with E-state index in [9.17, 15) is 4.79 Å². The molecule has 2 nitrogen and oxygen atoms in total. The summed E-state index contributed by atoms with van der Waals surface area (Å²) in [6.07, 6.45) is 5.21. The third-order valence-corrected chi connectivity index (χ3v) is 3.30. The number of ether oxygens (including phenoxy) is 1. The minimum absolute atomic E-state index is 0.220. The van der Waals surface area contributed by atoms with Crippen LogP contribution in [0.25, 0.3) is 0 Å². The second-order valence-corrected chi connectivity index (χ2v) is 4.47. The Morgan fingerprint density at radius 2 is 2.20 bits per heavy atom. The van der Waals surface area contributed by atoms with E-state index in [2.05, 4.69) is 6.92 Å². The van der Waals surface area contributed by atoms with Crippen molar-refractivity contribution in [2.75, 3.05) is 7.11 Å². The summed E-state index contributed by atoms with van der Waals surface area (Å²) in [7, 11) is 1.61. The summed E-state index contributed by atoms with van der Waals surface area (Å²) in [5.41, 5.74) is 0. The molecule has 1 aromatic rings. The van der Waals surface area contributed by atoms with E-state index in [0.717, 1.165) is 23.5 Å². The van der Waals surface area contributed by atoms with Crippen LogP contribution in [0.2, 0.25) is 0 Å². The largest absolute Gasteiger partial charge is 0.495 e. The molecular weight excluding hydrogens is 208 g/mol. The van der Waals surface area contributed by atoms with Gasteiger partial charge in [-0.15, -0.1) is 11.3 Å². The maximum absolute atomic E-state index is 11.8. The van der Waals surface area contributed by atoms with Crippen LogP contribution in [0.3, 0.4) is 0 Å². The Kier molecular flexibility index (Phi) is 5.40. The molecule has 1 aromatic heterocycles. The van der Waals surface area contributed by atoms with Crippen LogP contribution in [0.4, 0.5) is 0 Å². The van der Waals surface area contributed by atoms with Gasteiger partial charge in [0.1, 0.15) is 10.6 Å². The number of rotatable bonds is 7. The minimum atomic E-state index is 0.220. The molecule has 0 aliphatic heterocycles. The Morgan fingerprint density at radius 1 is 1.40 bits per heavy atom. The third kappa shape index (κ3) is 3.67. The van der Waals surface area contributed by atoms with E-state index in [1.807, 2.05) is 11.4 Å². The fourth-order valence-electron chi connectivity index (χ4n) is 1.49. The van der Waals surface area contributed by atoms with Crippen LogP contribution >= 0.6 is 11.3 Å². The molecule has 1 heterocycles. The first-order chi connectivity index (χ1) is 7.29. The molecule has 0 amide bonds. The topological polar surface area (TPSA) is 26.3 Å². The van der Waals surface area contributed by atoms with Crippen molar-refractivity contribution < 1.29 is 9.53 Å². The number of hydrogen-bond donors (Lipinski definition) is 0. The fraction of sp³-hybridized carbons (Fsp3) is 0.583. The number of Topliss-reactive ketones (excluding diaryl/α,β-unsaturated/α-hetero) is 1. The second-order valence-electron chi connectivity index (χ2n) is 3.55. The van der Waals surface area contributed by atoms with Crippen LogP contribution in [-0.4, -0.2) is 12.9 Å². The molecule has 0 unspecified atom stereocenters. The van der Waals surface area contributed by atoms with E-state index < -0.39 is 0 Å². The molecule has 15 heavy (non-hydrogen) atoms. The SMILES string of the molecule is CCCCCCC(=O)c1sccc1OC. The van der Waals surface area contributed by atoms with Crippen molar-refractivity contribution in [3.05, 3.63) is 16.3 Å². The fourth-order valence-corrected chi connectivity index (χ4v) is 2.32. The molecule has 0 saturated carbocycles. The molecule has 0 radical (unpaired) electrons. The monoisotopic (exact) mass is 226 g/mol. The molecule has 0 spiro atoms. The Hall–Kier alpha value is -0.830. The van der Waals surface area contributed by atoms with Crippen LogP contribution in [0.15, 0.2) is 11.4 Å². The molecule has 0 N–H and O–H groups in total. The van der Waals surface area contributed by atoms with Gasteiger partial charge in [-0.25, -0.2) is 0 Å². The van der Waals surface area contributed by atoms with Crippen LogP contribution in [0.1, 0.15) is 48.7 Å². The van der Waals surface area contributed by atoms with E-state index in [0.29, 0.717) is 6.42 Å². The van der Waals surface area contributed by atoms with Gasteiger partial charge >= 0.3 is 0 Å². The number of thiophene rings is 1. The van der Waals surface area contributed by atoms with Crippen LogP contribution < -0.4 is 4.74 Å². The van der Waals surface area contributed by atoms with E-state index in [-0.39, 0.29) is 5.78 Å². The number of methoxy groups -OCH3 is 1. The average molecular weight is 226 g/mol. The summed E-state index contributed by atoms with van der Waals surface area (Å²) < 4.78 is 5.12. The molecule has 0 aromatic carbocycles. The predicted octanol–water partition coefficient (Wildman–Crippen LogP) is 3.91. The van der Waals surface area contributed by atoms with Crippen LogP contribution in [0.5, 0.6) is 5.75 Å². The molecule has 3 heteroatoms. The maximum Gasteiger partial charge on any atom is 0.176 e. The van der Waals surface area contributed by atoms with Crippen LogP contribution in [0, 0.1) is 0 Å². The summed E-state index contributed by atoms with van der Waals surface area (Å²) in [5.74, 6) is 0.943. The normalized spacial score (nSPS) is 10.3. The maximum atomic E-state index is 11.8. The number of hydrogen-bond acceptors (Lipinski definition) is 3. The van der Waals surface area contributed by atoms with Crippen molar-refractivity contribution in [1.29, 1.82) is 0 Å². The van der Waals surface area contributed by atoms with Crippen molar-refractivity contribution >= 4 is 17.1 Å². The number of ketones is 1.